The quantitative estimate of drug-likeness (QED) is 0.519. The third-order valence-electron chi connectivity index (χ3n) is 5.70. The first-order valence-electron chi connectivity index (χ1n) is 10.2. The SMILES string of the molecule is C=CCN1C(=O)c2ccccc2N2C(=O)CC[C@]12C(=O)OCC(=O)NC(CC)CC. The fourth-order valence-electron chi connectivity index (χ4n) is 4.14. The van der Waals surface area contributed by atoms with Gasteiger partial charge in [0.2, 0.25) is 11.6 Å². The highest BCUT2D eigenvalue weighted by atomic mass is 16.5. The van der Waals surface area contributed by atoms with Gasteiger partial charge >= 0.3 is 5.97 Å². The molecule has 2 aliphatic heterocycles. The Labute approximate surface area is 175 Å². The van der Waals surface area contributed by atoms with Crippen molar-refractivity contribution in [2.75, 3.05) is 18.1 Å². The lowest BCUT2D eigenvalue weighted by atomic mass is 9.96. The Morgan fingerprint density at radius 3 is 2.63 bits per heavy atom. The van der Waals surface area contributed by atoms with E-state index in [1.54, 1.807) is 24.3 Å². The third-order valence-corrected chi connectivity index (χ3v) is 5.70. The van der Waals surface area contributed by atoms with Crippen molar-refractivity contribution in [3.63, 3.8) is 0 Å². The zero-order valence-corrected chi connectivity index (χ0v) is 17.3. The Bertz CT molecular complexity index is 879. The van der Waals surface area contributed by atoms with Crippen molar-refractivity contribution in [2.24, 2.45) is 0 Å². The Balaban J connectivity index is 1.92. The van der Waals surface area contributed by atoms with Gasteiger partial charge in [-0.25, -0.2) is 4.79 Å². The molecule has 30 heavy (non-hydrogen) atoms. The number of esters is 1. The van der Waals surface area contributed by atoms with Gasteiger partial charge in [0.15, 0.2) is 6.61 Å². The number of para-hydroxylation sites is 1. The summed E-state index contributed by atoms with van der Waals surface area (Å²) in [5, 5.41) is 2.81. The zero-order valence-electron chi connectivity index (χ0n) is 17.3. The van der Waals surface area contributed by atoms with Crippen LogP contribution in [0.3, 0.4) is 0 Å². The van der Waals surface area contributed by atoms with Crippen molar-refractivity contribution in [1.29, 1.82) is 0 Å². The van der Waals surface area contributed by atoms with Crippen LogP contribution in [-0.2, 0) is 19.1 Å². The Hall–Kier alpha value is -3.16. The number of hydrogen-bond acceptors (Lipinski definition) is 5. The number of fused-ring (bicyclic) bond motifs is 3. The van der Waals surface area contributed by atoms with E-state index in [2.05, 4.69) is 11.9 Å². The molecule has 0 unspecified atom stereocenters. The minimum absolute atomic E-state index is 0.000628. The monoisotopic (exact) mass is 413 g/mol. The van der Waals surface area contributed by atoms with Crippen LogP contribution in [0.4, 0.5) is 5.69 Å². The average Bonchev–Trinajstić information content (AvgIpc) is 3.11. The molecule has 0 aromatic heterocycles. The van der Waals surface area contributed by atoms with E-state index in [9.17, 15) is 19.2 Å². The van der Waals surface area contributed by atoms with Gasteiger partial charge in [0.1, 0.15) is 0 Å². The maximum atomic E-state index is 13.3. The smallest absolute Gasteiger partial charge is 0.354 e. The van der Waals surface area contributed by atoms with Gasteiger partial charge in [0.25, 0.3) is 11.8 Å². The molecule has 1 atom stereocenters. The fraction of sp³-hybridized carbons (Fsp3) is 0.455. The second kappa shape index (κ2) is 8.69. The van der Waals surface area contributed by atoms with Crippen LogP contribution in [0.1, 0.15) is 49.9 Å². The highest BCUT2D eigenvalue weighted by Crippen LogP contribution is 2.44. The zero-order chi connectivity index (χ0) is 21.9. The van der Waals surface area contributed by atoms with Gasteiger partial charge in [-0.2, -0.15) is 0 Å². The molecule has 160 valence electrons. The van der Waals surface area contributed by atoms with E-state index >= 15 is 0 Å². The molecule has 8 nitrogen and oxygen atoms in total. The van der Waals surface area contributed by atoms with E-state index < -0.39 is 24.1 Å². The number of nitrogens with one attached hydrogen (secondary N) is 1. The molecular weight excluding hydrogens is 386 g/mol. The average molecular weight is 413 g/mol. The Morgan fingerprint density at radius 2 is 1.97 bits per heavy atom. The molecule has 2 aliphatic rings. The molecule has 2 heterocycles. The molecule has 0 aliphatic carbocycles. The fourth-order valence-corrected chi connectivity index (χ4v) is 4.14. The second-order valence-corrected chi connectivity index (χ2v) is 7.42. The summed E-state index contributed by atoms with van der Waals surface area (Å²) in [5.41, 5.74) is -0.903. The van der Waals surface area contributed by atoms with Crippen LogP contribution in [0.15, 0.2) is 36.9 Å². The van der Waals surface area contributed by atoms with Crippen LogP contribution in [-0.4, -0.2) is 53.4 Å². The van der Waals surface area contributed by atoms with Gasteiger partial charge in [0, 0.05) is 25.4 Å². The Morgan fingerprint density at radius 1 is 1.27 bits per heavy atom. The molecule has 1 N–H and O–H groups in total. The normalized spacial score (nSPS) is 20.1. The van der Waals surface area contributed by atoms with E-state index in [-0.39, 0.29) is 37.2 Å². The topological polar surface area (TPSA) is 96.0 Å². The predicted octanol–water partition coefficient (Wildman–Crippen LogP) is 2.00. The lowest BCUT2D eigenvalue weighted by Crippen LogP contribution is -2.68. The van der Waals surface area contributed by atoms with Crippen molar-refractivity contribution in [3.8, 4) is 0 Å². The largest absolute Gasteiger partial charge is 0.452 e. The van der Waals surface area contributed by atoms with Crippen molar-refractivity contribution in [3.05, 3.63) is 42.5 Å². The molecule has 0 bridgehead atoms. The summed E-state index contributed by atoms with van der Waals surface area (Å²) in [7, 11) is 0. The van der Waals surface area contributed by atoms with E-state index in [0.29, 0.717) is 11.3 Å². The lowest BCUT2D eigenvalue weighted by molar-refractivity contribution is -0.160. The number of nitrogens with zero attached hydrogens (tertiary/aromatic N) is 2. The van der Waals surface area contributed by atoms with Gasteiger partial charge < -0.3 is 15.0 Å². The first-order chi connectivity index (χ1) is 14.4. The number of carbonyl (C=O) groups is 4. The van der Waals surface area contributed by atoms with Crippen LogP contribution in [0, 0.1) is 0 Å². The molecule has 0 saturated carbocycles. The molecule has 3 rings (SSSR count). The van der Waals surface area contributed by atoms with Gasteiger partial charge in [0.05, 0.1) is 11.3 Å². The van der Waals surface area contributed by atoms with Crippen molar-refractivity contribution >= 4 is 29.4 Å². The molecular formula is C22H27N3O5. The van der Waals surface area contributed by atoms with E-state index in [0.717, 1.165) is 12.8 Å². The summed E-state index contributed by atoms with van der Waals surface area (Å²) < 4.78 is 5.35. The highest BCUT2D eigenvalue weighted by molar-refractivity contribution is 6.15. The molecule has 1 aromatic carbocycles. The summed E-state index contributed by atoms with van der Waals surface area (Å²) in [6.07, 6.45) is 3.21. The standard InChI is InChI=1S/C22H27N3O5/c1-4-13-24-20(28)16-9-7-8-10-17(16)25-19(27)11-12-22(24,25)21(29)30-14-18(26)23-15(5-2)6-3/h4,7-10,15H,1,5-6,11-14H2,2-3H3,(H,23,26)/t22-/m0/s1. The first kappa shape index (κ1) is 21.5. The number of anilines is 1. The van der Waals surface area contributed by atoms with Crippen LogP contribution < -0.4 is 10.2 Å². The van der Waals surface area contributed by atoms with Gasteiger partial charge in [-0.05, 0) is 25.0 Å². The van der Waals surface area contributed by atoms with Crippen LogP contribution in [0.5, 0.6) is 0 Å². The lowest BCUT2D eigenvalue weighted by Gasteiger charge is -2.48. The maximum Gasteiger partial charge on any atom is 0.354 e. The number of carbonyl (C=O) groups excluding carboxylic acids is 4. The van der Waals surface area contributed by atoms with Crippen LogP contribution in [0.2, 0.25) is 0 Å². The van der Waals surface area contributed by atoms with E-state index in [1.165, 1.54) is 15.9 Å². The summed E-state index contributed by atoms with van der Waals surface area (Å²) >= 11 is 0. The van der Waals surface area contributed by atoms with E-state index in [1.807, 2.05) is 13.8 Å². The number of hydrogen-bond donors (Lipinski definition) is 1. The van der Waals surface area contributed by atoms with Crippen molar-refractivity contribution < 1.29 is 23.9 Å². The van der Waals surface area contributed by atoms with Crippen molar-refractivity contribution in [1.82, 2.24) is 10.2 Å². The van der Waals surface area contributed by atoms with Gasteiger partial charge in [-0.3, -0.25) is 19.3 Å². The molecule has 0 spiro atoms. The van der Waals surface area contributed by atoms with Gasteiger partial charge in [-0.1, -0.05) is 32.1 Å². The molecule has 1 aromatic rings. The summed E-state index contributed by atoms with van der Waals surface area (Å²) in [6.45, 7) is 7.18. The molecule has 1 saturated heterocycles. The van der Waals surface area contributed by atoms with Crippen LogP contribution in [0.25, 0.3) is 0 Å². The summed E-state index contributed by atoms with van der Waals surface area (Å²) in [6, 6.07) is 6.68. The number of amides is 3. The number of benzene rings is 1. The second-order valence-electron chi connectivity index (χ2n) is 7.42. The number of rotatable bonds is 8. The molecule has 0 radical (unpaired) electrons. The summed E-state index contributed by atoms with van der Waals surface area (Å²) in [5.74, 6) is -1.86. The molecule has 3 amide bonds. The third kappa shape index (κ3) is 3.46. The predicted molar refractivity (Wildman–Crippen MR) is 111 cm³/mol. The minimum atomic E-state index is -1.62. The van der Waals surface area contributed by atoms with Crippen LogP contribution >= 0.6 is 0 Å². The highest BCUT2D eigenvalue weighted by Gasteiger charge is 2.61. The minimum Gasteiger partial charge on any atom is -0.452 e. The Kier molecular flexibility index (Phi) is 6.24. The van der Waals surface area contributed by atoms with E-state index in [4.69, 9.17) is 4.74 Å². The molecule has 8 heteroatoms. The molecule has 1 fully saturated rings. The summed E-state index contributed by atoms with van der Waals surface area (Å²) in [4.78, 5) is 54.1. The van der Waals surface area contributed by atoms with Gasteiger partial charge in [-0.15, -0.1) is 6.58 Å². The first-order valence-corrected chi connectivity index (χ1v) is 10.2. The van der Waals surface area contributed by atoms with Crippen molar-refractivity contribution in [2.45, 2.75) is 51.2 Å². The maximum absolute atomic E-state index is 13.3. The number of ether oxygens (including phenoxy) is 1.